The van der Waals surface area contributed by atoms with Crippen LogP contribution in [-0.2, 0) is 4.79 Å². The minimum atomic E-state index is -0.395. The van der Waals surface area contributed by atoms with Crippen LogP contribution in [0.3, 0.4) is 0 Å². The minimum Gasteiger partial charge on any atom is -0.507 e. The number of aromatic hydroxyl groups is 1. The molecule has 0 saturated heterocycles. The van der Waals surface area contributed by atoms with Gasteiger partial charge in [0.1, 0.15) is 11.5 Å². The lowest BCUT2D eigenvalue weighted by Crippen LogP contribution is -2.10. The first-order valence-electron chi connectivity index (χ1n) is 5.09. The number of ether oxygens (including phenoxy) is 1. The van der Waals surface area contributed by atoms with Crippen molar-refractivity contribution in [1.82, 2.24) is 0 Å². The van der Waals surface area contributed by atoms with Crippen molar-refractivity contribution in [3.05, 3.63) is 23.8 Å². The molecular weight excluding hydrogens is 335 g/mol. The number of rotatable bonds is 4. The predicted molar refractivity (Wildman–Crippen MR) is 71.8 cm³/mol. The highest BCUT2D eigenvalue weighted by Gasteiger charge is 2.15. The molecule has 1 aromatic carbocycles. The molecule has 0 saturated carbocycles. The van der Waals surface area contributed by atoms with Crippen molar-refractivity contribution in [2.45, 2.75) is 13.8 Å². The summed E-state index contributed by atoms with van der Waals surface area (Å²) in [6.07, 6.45) is 0. The van der Waals surface area contributed by atoms with E-state index in [1.807, 2.05) is 22.6 Å². The first-order valence-corrected chi connectivity index (χ1v) is 6.62. The molecule has 0 bridgehead atoms. The van der Waals surface area contributed by atoms with E-state index in [0.29, 0.717) is 0 Å². The fraction of sp³-hybridized carbons (Fsp3) is 0.333. The monoisotopic (exact) mass is 348 g/mol. The molecule has 5 heteroatoms. The number of benzene rings is 1. The zero-order chi connectivity index (χ0) is 13.0. The maximum absolute atomic E-state index is 11.7. The third kappa shape index (κ3) is 3.69. The van der Waals surface area contributed by atoms with Gasteiger partial charge in [0.05, 0.1) is 9.99 Å². The quantitative estimate of drug-likeness (QED) is 0.299. The highest BCUT2D eigenvalue weighted by molar-refractivity contribution is 14.1. The Balaban J connectivity index is 2.94. The van der Waals surface area contributed by atoms with Gasteiger partial charge < -0.3 is 9.84 Å². The van der Waals surface area contributed by atoms with Gasteiger partial charge in [-0.15, -0.1) is 0 Å². The predicted octanol–water partition coefficient (Wildman–Crippen LogP) is 2.57. The van der Waals surface area contributed by atoms with E-state index < -0.39 is 5.97 Å². The number of ketones is 1. The highest BCUT2D eigenvalue weighted by Crippen LogP contribution is 2.25. The molecule has 0 atom stereocenters. The highest BCUT2D eigenvalue weighted by atomic mass is 127. The fourth-order valence-electron chi connectivity index (χ4n) is 1.25. The molecular formula is C12H13IO4. The van der Waals surface area contributed by atoms with E-state index in [2.05, 4.69) is 0 Å². The SMILES string of the molecule is CC(C)C(=O)c1ccc(OC(=O)CI)cc1O. The Morgan fingerprint density at radius 3 is 2.53 bits per heavy atom. The van der Waals surface area contributed by atoms with Crippen LogP contribution in [0.25, 0.3) is 0 Å². The number of carbonyl (C=O) groups is 2. The van der Waals surface area contributed by atoms with Gasteiger partial charge in [-0.05, 0) is 12.1 Å². The summed E-state index contributed by atoms with van der Waals surface area (Å²) in [4.78, 5) is 22.7. The van der Waals surface area contributed by atoms with Crippen molar-refractivity contribution >= 4 is 34.3 Å². The van der Waals surface area contributed by atoms with Crippen LogP contribution in [0, 0.1) is 5.92 Å². The van der Waals surface area contributed by atoms with Crippen LogP contribution in [0.4, 0.5) is 0 Å². The van der Waals surface area contributed by atoms with Crippen LogP contribution in [0.15, 0.2) is 18.2 Å². The second-order valence-corrected chi connectivity index (χ2v) is 4.57. The second-order valence-electron chi connectivity index (χ2n) is 3.81. The molecule has 4 nitrogen and oxygen atoms in total. The number of hydrogen-bond acceptors (Lipinski definition) is 4. The number of Topliss-reactive ketones (excluding diaryl/α,β-unsaturated/α-hetero) is 1. The van der Waals surface area contributed by atoms with Crippen LogP contribution in [0.5, 0.6) is 11.5 Å². The summed E-state index contributed by atoms with van der Waals surface area (Å²) in [5, 5.41) is 9.68. The summed E-state index contributed by atoms with van der Waals surface area (Å²) in [5.41, 5.74) is 0.245. The summed E-state index contributed by atoms with van der Waals surface area (Å²) in [6.45, 7) is 3.51. The van der Waals surface area contributed by atoms with Gasteiger partial charge >= 0.3 is 5.97 Å². The standard InChI is InChI=1S/C12H13IO4/c1-7(2)12(16)9-4-3-8(5-10(9)14)17-11(15)6-13/h3-5,7,14H,6H2,1-2H3. The number of halogens is 1. The number of phenolic OH excluding ortho intramolecular Hbond substituents is 1. The van der Waals surface area contributed by atoms with Crippen molar-refractivity contribution in [2.24, 2.45) is 5.92 Å². The Kier molecular flexibility index (Phi) is 4.92. The number of esters is 1. The summed E-state index contributed by atoms with van der Waals surface area (Å²) >= 11 is 1.88. The summed E-state index contributed by atoms with van der Waals surface area (Å²) in [6, 6.07) is 4.24. The van der Waals surface area contributed by atoms with Gasteiger partial charge in [0.15, 0.2) is 5.78 Å². The molecule has 0 radical (unpaired) electrons. The van der Waals surface area contributed by atoms with Crippen molar-refractivity contribution in [3.8, 4) is 11.5 Å². The summed E-state index contributed by atoms with van der Waals surface area (Å²) in [7, 11) is 0. The van der Waals surface area contributed by atoms with Crippen molar-refractivity contribution in [1.29, 1.82) is 0 Å². The second kappa shape index (κ2) is 6.00. The third-order valence-corrected chi connectivity index (χ3v) is 2.72. The Morgan fingerprint density at radius 2 is 2.06 bits per heavy atom. The molecule has 0 aromatic heterocycles. The molecule has 1 rings (SSSR count). The van der Waals surface area contributed by atoms with Gasteiger partial charge in [-0.2, -0.15) is 0 Å². The van der Waals surface area contributed by atoms with Crippen LogP contribution in [-0.4, -0.2) is 21.3 Å². The molecule has 0 fully saturated rings. The lowest BCUT2D eigenvalue weighted by molar-refractivity contribution is -0.131. The average Bonchev–Trinajstić information content (AvgIpc) is 2.28. The van der Waals surface area contributed by atoms with Crippen molar-refractivity contribution in [3.63, 3.8) is 0 Å². The van der Waals surface area contributed by atoms with Crippen molar-refractivity contribution in [2.75, 3.05) is 4.43 Å². The molecule has 0 heterocycles. The number of hydrogen-bond donors (Lipinski definition) is 1. The maximum atomic E-state index is 11.7. The van der Waals surface area contributed by atoms with Crippen LogP contribution < -0.4 is 4.74 Å². The van der Waals surface area contributed by atoms with E-state index in [1.165, 1.54) is 18.2 Å². The van der Waals surface area contributed by atoms with E-state index in [1.54, 1.807) is 13.8 Å². The number of alkyl halides is 1. The van der Waals surface area contributed by atoms with Crippen LogP contribution in [0.1, 0.15) is 24.2 Å². The Labute approximate surface area is 113 Å². The number of carbonyl (C=O) groups excluding carboxylic acids is 2. The largest absolute Gasteiger partial charge is 0.507 e. The topological polar surface area (TPSA) is 63.6 Å². The summed E-state index contributed by atoms with van der Waals surface area (Å²) in [5.74, 6) is -0.655. The van der Waals surface area contributed by atoms with Crippen LogP contribution in [0.2, 0.25) is 0 Å². The third-order valence-electron chi connectivity index (χ3n) is 2.10. The Bertz CT molecular complexity index is 440. The zero-order valence-electron chi connectivity index (χ0n) is 9.57. The van der Waals surface area contributed by atoms with E-state index in [-0.39, 0.29) is 33.2 Å². The molecule has 1 aromatic rings. The molecule has 0 aliphatic rings. The van der Waals surface area contributed by atoms with E-state index in [0.717, 1.165) is 0 Å². The summed E-state index contributed by atoms with van der Waals surface area (Å²) < 4.78 is 5.15. The van der Waals surface area contributed by atoms with E-state index >= 15 is 0 Å². The smallest absolute Gasteiger partial charge is 0.321 e. The zero-order valence-corrected chi connectivity index (χ0v) is 11.7. The Hall–Kier alpha value is -1.11. The van der Waals surface area contributed by atoms with Gasteiger partial charge in [0.2, 0.25) is 0 Å². The van der Waals surface area contributed by atoms with Gasteiger partial charge in [-0.3, -0.25) is 9.59 Å². The molecule has 0 spiro atoms. The van der Waals surface area contributed by atoms with E-state index in [4.69, 9.17) is 4.74 Å². The lowest BCUT2D eigenvalue weighted by Gasteiger charge is -2.08. The van der Waals surface area contributed by atoms with Gasteiger partial charge in [-0.25, -0.2) is 0 Å². The molecule has 17 heavy (non-hydrogen) atoms. The molecule has 0 amide bonds. The molecule has 0 unspecified atom stereocenters. The maximum Gasteiger partial charge on any atom is 0.321 e. The van der Waals surface area contributed by atoms with Crippen LogP contribution >= 0.6 is 22.6 Å². The van der Waals surface area contributed by atoms with Gasteiger partial charge in [0.25, 0.3) is 0 Å². The van der Waals surface area contributed by atoms with Gasteiger partial charge in [0, 0.05) is 12.0 Å². The number of phenols is 1. The van der Waals surface area contributed by atoms with Crippen molar-refractivity contribution < 1.29 is 19.4 Å². The molecule has 92 valence electrons. The normalized spacial score (nSPS) is 10.4. The molecule has 0 aliphatic carbocycles. The Morgan fingerprint density at radius 1 is 1.41 bits per heavy atom. The average molecular weight is 348 g/mol. The fourth-order valence-corrected chi connectivity index (χ4v) is 1.41. The molecule has 0 aliphatic heterocycles. The first-order chi connectivity index (χ1) is 7.95. The molecule has 1 N–H and O–H groups in total. The minimum absolute atomic E-state index is 0.144. The lowest BCUT2D eigenvalue weighted by atomic mass is 10.0. The van der Waals surface area contributed by atoms with E-state index in [9.17, 15) is 14.7 Å². The first kappa shape index (κ1) is 14.0. The van der Waals surface area contributed by atoms with Gasteiger partial charge in [-0.1, -0.05) is 36.4 Å².